The largest absolute Gasteiger partial charge is 0.361 e. The van der Waals surface area contributed by atoms with Crippen molar-refractivity contribution in [2.24, 2.45) is 0 Å². The van der Waals surface area contributed by atoms with E-state index in [9.17, 15) is 0 Å². The molecule has 4 rings (SSSR count). The molecule has 3 nitrogen and oxygen atoms in total. The Morgan fingerprint density at radius 2 is 2.00 bits per heavy atom. The number of hydrogen-bond acceptors (Lipinski definition) is 2. The average Bonchev–Trinajstić information content (AvgIpc) is 3.25. The zero-order chi connectivity index (χ0) is 14.1. The molecule has 1 aliphatic carbocycles. The van der Waals surface area contributed by atoms with Crippen molar-refractivity contribution in [3.63, 3.8) is 0 Å². The van der Waals surface area contributed by atoms with E-state index < -0.39 is 0 Å². The van der Waals surface area contributed by atoms with Gasteiger partial charge >= 0.3 is 0 Å². The van der Waals surface area contributed by atoms with Crippen LogP contribution in [0.4, 0.5) is 0 Å². The van der Waals surface area contributed by atoms with Crippen LogP contribution in [-0.2, 0) is 13.1 Å². The minimum Gasteiger partial charge on any atom is -0.361 e. The number of nitrogens with zero attached hydrogens (tertiary/aromatic N) is 2. The Hall–Kier alpha value is -2.13. The van der Waals surface area contributed by atoms with Gasteiger partial charge in [0.1, 0.15) is 0 Å². The van der Waals surface area contributed by atoms with E-state index in [0.717, 1.165) is 24.8 Å². The lowest BCUT2D eigenvalue weighted by Gasteiger charge is -2.22. The van der Waals surface area contributed by atoms with E-state index in [2.05, 4.69) is 51.3 Å². The molecule has 0 aliphatic heterocycles. The minimum atomic E-state index is 0.720. The molecule has 106 valence electrons. The van der Waals surface area contributed by atoms with Gasteiger partial charge in [0.2, 0.25) is 0 Å². The number of nitrogens with one attached hydrogen (secondary N) is 1. The van der Waals surface area contributed by atoms with Crippen LogP contribution in [0.2, 0.25) is 0 Å². The standard InChI is InChI=1S/C18H19N3/c1-2-10-19-16(6-1)13-21(17-7-8-17)12-15-5-3-4-14-9-11-20-18(14)15/h1-6,9-11,17,20H,7-8,12-13H2. The van der Waals surface area contributed by atoms with Gasteiger partial charge in [0, 0.05) is 37.0 Å². The summed E-state index contributed by atoms with van der Waals surface area (Å²) in [7, 11) is 0. The molecule has 0 spiro atoms. The molecule has 2 aromatic heterocycles. The van der Waals surface area contributed by atoms with E-state index in [4.69, 9.17) is 0 Å². The van der Waals surface area contributed by atoms with Crippen LogP contribution in [-0.4, -0.2) is 20.9 Å². The molecule has 2 heterocycles. The van der Waals surface area contributed by atoms with E-state index >= 15 is 0 Å². The summed E-state index contributed by atoms with van der Waals surface area (Å²) in [6.07, 6.45) is 6.53. The highest BCUT2D eigenvalue weighted by atomic mass is 15.2. The molecule has 1 fully saturated rings. The highest BCUT2D eigenvalue weighted by Gasteiger charge is 2.29. The first-order valence-corrected chi connectivity index (χ1v) is 7.59. The summed E-state index contributed by atoms with van der Waals surface area (Å²) < 4.78 is 0. The van der Waals surface area contributed by atoms with Crippen LogP contribution in [0.5, 0.6) is 0 Å². The number of para-hydroxylation sites is 1. The lowest BCUT2D eigenvalue weighted by atomic mass is 10.1. The molecule has 1 aromatic carbocycles. The van der Waals surface area contributed by atoms with Crippen LogP contribution in [0.25, 0.3) is 10.9 Å². The van der Waals surface area contributed by atoms with Gasteiger partial charge in [-0.25, -0.2) is 0 Å². The number of aromatic nitrogens is 2. The highest BCUT2D eigenvalue weighted by Crippen LogP contribution is 2.30. The summed E-state index contributed by atoms with van der Waals surface area (Å²) in [5, 5.41) is 1.29. The van der Waals surface area contributed by atoms with Crippen molar-refractivity contribution in [3.05, 3.63) is 66.1 Å². The SMILES string of the molecule is c1ccc(CN(Cc2cccc3cc[nH]c23)C2CC2)nc1. The molecule has 0 atom stereocenters. The molecule has 0 saturated heterocycles. The van der Waals surface area contributed by atoms with Gasteiger partial charge in [-0.15, -0.1) is 0 Å². The third-order valence-corrected chi connectivity index (χ3v) is 4.20. The predicted octanol–water partition coefficient (Wildman–Crippen LogP) is 3.73. The Labute approximate surface area is 124 Å². The van der Waals surface area contributed by atoms with Gasteiger partial charge in [-0.1, -0.05) is 24.3 Å². The lowest BCUT2D eigenvalue weighted by Crippen LogP contribution is -2.25. The maximum Gasteiger partial charge on any atom is 0.0544 e. The molecular formula is C18H19N3. The molecule has 21 heavy (non-hydrogen) atoms. The Bertz CT molecular complexity index is 728. The van der Waals surface area contributed by atoms with Crippen molar-refractivity contribution in [1.29, 1.82) is 0 Å². The molecule has 0 bridgehead atoms. The first-order chi connectivity index (χ1) is 10.4. The monoisotopic (exact) mass is 277 g/mol. The molecule has 0 radical (unpaired) electrons. The Balaban J connectivity index is 1.59. The Morgan fingerprint density at radius 3 is 2.81 bits per heavy atom. The Kier molecular flexibility index (Phi) is 3.20. The highest BCUT2D eigenvalue weighted by molar-refractivity contribution is 5.82. The van der Waals surface area contributed by atoms with E-state index in [-0.39, 0.29) is 0 Å². The first kappa shape index (κ1) is 12.6. The quantitative estimate of drug-likeness (QED) is 0.770. The van der Waals surface area contributed by atoms with E-state index in [1.165, 1.54) is 29.3 Å². The number of aromatic amines is 1. The predicted molar refractivity (Wildman–Crippen MR) is 84.8 cm³/mol. The summed E-state index contributed by atoms with van der Waals surface area (Å²) in [4.78, 5) is 10.4. The number of rotatable bonds is 5. The van der Waals surface area contributed by atoms with Gasteiger partial charge in [-0.2, -0.15) is 0 Å². The number of benzene rings is 1. The van der Waals surface area contributed by atoms with Crippen molar-refractivity contribution >= 4 is 10.9 Å². The van der Waals surface area contributed by atoms with Gasteiger partial charge in [0.05, 0.1) is 5.69 Å². The molecule has 1 N–H and O–H groups in total. The van der Waals surface area contributed by atoms with Gasteiger partial charge < -0.3 is 4.98 Å². The zero-order valence-electron chi connectivity index (χ0n) is 12.0. The third kappa shape index (κ3) is 2.69. The number of fused-ring (bicyclic) bond motifs is 1. The molecular weight excluding hydrogens is 258 g/mol. The topological polar surface area (TPSA) is 31.9 Å². The minimum absolute atomic E-state index is 0.720. The zero-order valence-corrected chi connectivity index (χ0v) is 12.0. The Morgan fingerprint density at radius 1 is 1.05 bits per heavy atom. The van der Waals surface area contributed by atoms with Crippen molar-refractivity contribution in [3.8, 4) is 0 Å². The molecule has 3 aromatic rings. The van der Waals surface area contributed by atoms with Crippen LogP contribution in [0.1, 0.15) is 24.1 Å². The second kappa shape index (κ2) is 5.34. The fourth-order valence-corrected chi connectivity index (χ4v) is 2.95. The van der Waals surface area contributed by atoms with Gasteiger partial charge in [-0.3, -0.25) is 9.88 Å². The molecule has 1 aliphatic rings. The normalized spacial score (nSPS) is 14.9. The summed E-state index contributed by atoms with van der Waals surface area (Å²) >= 11 is 0. The first-order valence-electron chi connectivity index (χ1n) is 7.59. The van der Waals surface area contributed by atoms with Crippen LogP contribution in [0, 0.1) is 0 Å². The summed E-state index contributed by atoms with van der Waals surface area (Å²) in [5.74, 6) is 0. The van der Waals surface area contributed by atoms with E-state index in [0.29, 0.717) is 0 Å². The van der Waals surface area contributed by atoms with Crippen molar-refractivity contribution in [2.75, 3.05) is 0 Å². The summed E-state index contributed by atoms with van der Waals surface area (Å²) in [6, 6.07) is 15.6. The smallest absolute Gasteiger partial charge is 0.0544 e. The number of pyridine rings is 1. The molecule has 1 saturated carbocycles. The summed E-state index contributed by atoms with van der Waals surface area (Å²) in [5.41, 5.74) is 3.80. The second-order valence-corrected chi connectivity index (χ2v) is 5.82. The molecule has 0 unspecified atom stereocenters. The molecule has 3 heteroatoms. The molecule has 0 amide bonds. The van der Waals surface area contributed by atoms with Crippen LogP contribution >= 0.6 is 0 Å². The van der Waals surface area contributed by atoms with E-state index in [1.54, 1.807) is 0 Å². The fraction of sp³-hybridized carbons (Fsp3) is 0.278. The fourth-order valence-electron chi connectivity index (χ4n) is 2.95. The van der Waals surface area contributed by atoms with Crippen molar-refractivity contribution in [1.82, 2.24) is 14.9 Å². The van der Waals surface area contributed by atoms with Crippen LogP contribution in [0.3, 0.4) is 0 Å². The number of hydrogen-bond donors (Lipinski definition) is 1. The lowest BCUT2D eigenvalue weighted by molar-refractivity contribution is 0.243. The summed E-state index contributed by atoms with van der Waals surface area (Å²) in [6.45, 7) is 1.92. The second-order valence-electron chi connectivity index (χ2n) is 5.82. The van der Waals surface area contributed by atoms with E-state index in [1.807, 2.05) is 18.5 Å². The van der Waals surface area contributed by atoms with Gasteiger partial charge in [0.15, 0.2) is 0 Å². The van der Waals surface area contributed by atoms with Gasteiger partial charge in [-0.05, 0) is 42.0 Å². The van der Waals surface area contributed by atoms with Crippen molar-refractivity contribution in [2.45, 2.75) is 32.0 Å². The maximum absolute atomic E-state index is 4.47. The number of H-pyrrole nitrogens is 1. The van der Waals surface area contributed by atoms with Crippen LogP contribution in [0.15, 0.2) is 54.9 Å². The van der Waals surface area contributed by atoms with Crippen molar-refractivity contribution < 1.29 is 0 Å². The maximum atomic E-state index is 4.47. The third-order valence-electron chi connectivity index (χ3n) is 4.20. The van der Waals surface area contributed by atoms with Gasteiger partial charge in [0.25, 0.3) is 0 Å². The van der Waals surface area contributed by atoms with Crippen LogP contribution < -0.4 is 0 Å². The average molecular weight is 277 g/mol.